The minimum absolute atomic E-state index is 0.0395. The normalized spacial score (nSPS) is 10.2. The van der Waals surface area contributed by atoms with Crippen LogP contribution in [-0.2, 0) is 19.1 Å². The number of nitrogens with one attached hydrogen (secondary N) is 1. The van der Waals surface area contributed by atoms with Crippen molar-refractivity contribution in [3.05, 3.63) is 90.5 Å². The molecule has 0 unspecified atom stereocenters. The van der Waals surface area contributed by atoms with Crippen molar-refractivity contribution in [1.29, 1.82) is 0 Å². The fourth-order valence-corrected chi connectivity index (χ4v) is 2.96. The first-order valence-electron chi connectivity index (χ1n) is 9.98. The Kier molecular flexibility index (Phi) is 7.54. The second kappa shape index (κ2) is 10.7. The molecule has 1 N–H and O–H groups in total. The summed E-state index contributed by atoms with van der Waals surface area (Å²) in [6, 6.07) is 25.8. The van der Waals surface area contributed by atoms with Crippen LogP contribution in [0.4, 0.5) is 17.1 Å². The molecule has 0 aromatic heterocycles. The van der Waals surface area contributed by atoms with E-state index < -0.39 is 18.5 Å². The molecule has 3 rings (SSSR count). The van der Waals surface area contributed by atoms with Gasteiger partial charge in [-0.1, -0.05) is 54.1 Å². The Morgan fingerprint density at radius 3 is 1.87 bits per heavy atom. The largest absolute Gasteiger partial charge is 0.456 e. The zero-order valence-corrected chi connectivity index (χ0v) is 17.3. The van der Waals surface area contributed by atoms with Crippen molar-refractivity contribution < 1.29 is 19.1 Å². The number of hydrogen-bond acceptors (Lipinski definition) is 4. The number of hydrogen-bond donors (Lipinski definition) is 1. The number of amides is 2. The van der Waals surface area contributed by atoms with Gasteiger partial charge in [-0.2, -0.15) is 0 Å². The van der Waals surface area contributed by atoms with E-state index in [4.69, 9.17) is 4.74 Å². The Labute approximate surface area is 181 Å². The molecule has 3 aromatic rings. The molecule has 3 aromatic carbocycles. The number of rotatable bonds is 8. The van der Waals surface area contributed by atoms with E-state index in [0.717, 1.165) is 5.56 Å². The minimum atomic E-state index is -0.603. The molecule has 0 fully saturated rings. The predicted octanol–water partition coefficient (Wildman–Crippen LogP) is 4.62. The summed E-state index contributed by atoms with van der Waals surface area (Å²) < 4.78 is 5.02. The number of esters is 1. The maximum Gasteiger partial charge on any atom is 0.306 e. The Morgan fingerprint density at radius 1 is 0.774 bits per heavy atom. The standard InChI is InChI=1S/C25H24N2O4/c1-19-12-14-20(15-13-19)26-23(28)18-31-25(30)17-16-24(29)27(21-8-4-2-5-9-21)22-10-6-3-7-11-22/h2-15H,16-18H2,1H3,(H,26,28). The van der Waals surface area contributed by atoms with Crippen molar-refractivity contribution in [3.63, 3.8) is 0 Å². The van der Waals surface area contributed by atoms with Gasteiger partial charge in [0.25, 0.3) is 5.91 Å². The molecule has 31 heavy (non-hydrogen) atoms. The van der Waals surface area contributed by atoms with Crippen LogP contribution in [0.25, 0.3) is 0 Å². The van der Waals surface area contributed by atoms with Crippen molar-refractivity contribution in [2.75, 3.05) is 16.8 Å². The van der Waals surface area contributed by atoms with Gasteiger partial charge in [-0.3, -0.25) is 19.3 Å². The summed E-state index contributed by atoms with van der Waals surface area (Å²) in [5.41, 5.74) is 3.13. The van der Waals surface area contributed by atoms with E-state index in [1.54, 1.807) is 17.0 Å². The molecular weight excluding hydrogens is 392 g/mol. The van der Waals surface area contributed by atoms with Crippen LogP contribution in [0, 0.1) is 6.92 Å². The summed E-state index contributed by atoms with van der Waals surface area (Å²) in [6.07, 6.45) is -0.158. The van der Waals surface area contributed by atoms with Crippen molar-refractivity contribution in [1.82, 2.24) is 0 Å². The monoisotopic (exact) mass is 416 g/mol. The number of para-hydroxylation sites is 2. The van der Waals surface area contributed by atoms with Crippen LogP contribution in [0.15, 0.2) is 84.9 Å². The third kappa shape index (κ3) is 6.54. The number of carbonyl (C=O) groups excluding carboxylic acids is 3. The van der Waals surface area contributed by atoms with Gasteiger partial charge in [0.15, 0.2) is 6.61 Å². The molecular formula is C25H24N2O4. The molecule has 0 aliphatic heterocycles. The Bertz CT molecular complexity index is 979. The number of nitrogens with zero attached hydrogens (tertiary/aromatic N) is 1. The van der Waals surface area contributed by atoms with E-state index in [2.05, 4.69) is 5.32 Å². The highest BCUT2D eigenvalue weighted by Crippen LogP contribution is 2.26. The van der Waals surface area contributed by atoms with E-state index in [9.17, 15) is 14.4 Å². The fourth-order valence-electron chi connectivity index (χ4n) is 2.96. The SMILES string of the molecule is Cc1ccc(NC(=O)COC(=O)CCC(=O)N(c2ccccc2)c2ccccc2)cc1. The summed E-state index contributed by atoms with van der Waals surface area (Å²) in [4.78, 5) is 38.5. The lowest BCUT2D eigenvalue weighted by Crippen LogP contribution is -2.27. The van der Waals surface area contributed by atoms with E-state index in [-0.39, 0.29) is 18.7 Å². The van der Waals surface area contributed by atoms with Gasteiger partial charge in [0.2, 0.25) is 5.91 Å². The van der Waals surface area contributed by atoms with Gasteiger partial charge in [0, 0.05) is 23.5 Å². The highest BCUT2D eigenvalue weighted by atomic mass is 16.5. The Balaban J connectivity index is 1.52. The summed E-state index contributed by atoms with van der Waals surface area (Å²) in [6.45, 7) is 1.55. The fraction of sp³-hybridized carbons (Fsp3) is 0.160. The maximum atomic E-state index is 12.9. The van der Waals surface area contributed by atoms with Crippen LogP contribution in [0.3, 0.4) is 0 Å². The molecule has 158 valence electrons. The minimum Gasteiger partial charge on any atom is -0.456 e. The number of benzene rings is 3. The molecule has 0 heterocycles. The van der Waals surface area contributed by atoms with Gasteiger partial charge < -0.3 is 10.1 Å². The number of carbonyl (C=O) groups is 3. The number of aryl methyl sites for hydroxylation is 1. The lowest BCUT2D eigenvalue weighted by atomic mass is 10.2. The average Bonchev–Trinajstić information content (AvgIpc) is 2.79. The molecule has 0 radical (unpaired) electrons. The molecule has 0 bridgehead atoms. The lowest BCUT2D eigenvalue weighted by molar-refractivity contribution is -0.148. The first kappa shape index (κ1) is 21.8. The third-order valence-corrected chi connectivity index (χ3v) is 4.52. The lowest BCUT2D eigenvalue weighted by Gasteiger charge is -2.23. The molecule has 2 amide bonds. The highest BCUT2D eigenvalue weighted by Gasteiger charge is 2.19. The summed E-state index contributed by atoms with van der Waals surface area (Å²) in [7, 11) is 0. The van der Waals surface area contributed by atoms with Gasteiger partial charge in [-0.25, -0.2) is 0 Å². The van der Waals surface area contributed by atoms with E-state index in [1.807, 2.05) is 79.7 Å². The second-order valence-electron chi connectivity index (χ2n) is 6.98. The molecule has 6 nitrogen and oxygen atoms in total. The second-order valence-corrected chi connectivity index (χ2v) is 6.98. The van der Waals surface area contributed by atoms with Gasteiger partial charge in [0.05, 0.1) is 6.42 Å². The zero-order valence-electron chi connectivity index (χ0n) is 17.3. The molecule has 0 atom stereocenters. The van der Waals surface area contributed by atoms with Gasteiger partial charge in [-0.05, 0) is 43.3 Å². The van der Waals surface area contributed by atoms with Gasteiger partial charge in [-0.15, -0.1) is 0 Å². The van der Waals surface area contributed by atoms with Gasteiger partial charge in [0.1, 0.15) is 0 Å². The first-order chi connectivity index (χ1) is 15.0. The van der Waals surface area contributed by atoms with E-state index in [1.165, 1.54) is 0 Å². The molecule has 0 aliphatic carbocycles. The van der Waals surface area contributed by atoms with Crippen LogP contribution in [-0.4, -0.2) is 24.4 Å². The van der Waals surface area contributed by atoms with Crippen molar-refractivity contribution in [2.45, 2.75) is 19.8 Å². The highest BCUT2D eigenvalue weighted by molar-refractivity contribution is 6.01. The first-order valence-corrected chi connectivity index (χ1v) is 9.98. The van der Waals surface area contributed by atoms with Crippen LogP contribution in [0.2, 0.25) is 0 Å². The molecule has 0 aliphatic rings. The van der Waals surface area contributed by atoms with Crippen LogP contribution < -0.4 is 10.2 Å². The van der Waals surface area contributed by atoms with Crippen molar-refractivity contribution >= 4 is 34.8 Å². The Hall–Kier alpha value is -3.93. The summed E-state index contributed by atoms with van der Waals surface area (Å²) in [5, 5.41) is 2.66. The zero-order chi connectivity index (χ0) is 22.1. The predicted molar refractivity (Wildman–Crippen MR) is 120 cm³/mol. The third-order valence-electron chi connectivity index (χ3n) is 4.52. The average molecular weight is 416 g/mol. The van der Waals surface area contributed by atoms with E-state index >= 15 is 0 Å². The van der Waals surface area contributed by atoms with Crippen molar-refractivity contribution in [2.24, 2.45) is 0 Å². The van der Waals surface area contributed by atoms with Crippen LogP contribution >= 0.6 is 0 Å². The molecule has 0 saturated carbocycles. The summed E-state index contributed by atoms with van der Waals surface area (Å²) >= 11 is 0. The smallest absolute Gasteiger partial charge is 0.306 e. The molecule has 0 spiro atoms. The van der Waals surface area contributed by atoms with Crippen LogP contribution in [0.1, 0.15) is 18.4 Å². The van der Waals surface area contributed by atoms with Crippen molar-refractivity contribution in [3.8, 4) is 0 Å². The maximum absolute atomic E-state index is 12.9. The number of ether oxygens (including phenoxy) is 1. The number of anilines is 3. The van der Waals surface area contributed by atoms with Crippen LogP contribution in [0.5, 0.6) is 0 Å². The summed E-state index contributed by atoms with van der Waals surface area (Å²) in [5.74, 6) is -1.27. The quantitative estimate of drug-likeness (QED) is 0.544. The molecule has 0 saturated heterocycles. The van der Waals surface area contributed by atoms with Gasteiger partial charge >= 0.3 is 5.97 Å². The molecule has 6 heteroatoms. The topological polar surface area (TPSA) is 75.7 Å². The van der Waals surface area contributed by atoms with E-state index in [0.29, 0.717) is 17.1 Å². The Morgan fingerprint density at radius 2 is 1.32 bits per heavy atom.